The molecule has 198 valence electrons. The van der Waals surface area contributed by atoms with E-state index in [4.69, 9.17) is 5.11 Å². The van der Waals surface area contributed by atoms with E-state index in [0.717, 1.165) is 38.5 Å². The van der Waals surface area contributed by atoms with Crippen molar-refractivity contribution >= 4 is 11.9 Å². The molecule has 5 nitrogen and oxygen atoms in total. The molecule has 5 heteroatoms. The summed E-state index contributed by atoms with van der Waals surface area (Å²) in [5, 5.41) is 29.8. The summed E-state index contributed by atoms with van der Waals surface area (Å²) < 4.78 is 0. The Morgan fingerprint density at radius 1 is 1.06 bits per heavy atom. The van der Waals surface area contributed by atoms with Crippen LogP contribution in [0, 0.1) is 45.3 Å². The molecule has 0 unspecified atom stereocenters. The zero-order chi connectivity index (χ0) is 26.0. The lowest BCUT2D eigenvalue weighted by Gasteiger charge is -2.61. The minimum Gasteiger partial charge on any atom is -0.481 e. The summed E-state index contributed by atoms with van der Waals surface area (Å²) in [5.74, 6) is 0.436. The van der Waals surface area contributed by atoms with Crippen molar-refractivity contribution in [2.45, 2.75) is 118 Å². The van der Waals surface area contributed by atoms with E-state index in [1.54, 1.807) is 6.92 Å². The average molecular weight is 489 g/mol. The molecule has 0 amide bonds. The van der Waals surface area contributed by atoms with Crippen LogP contribution in [0.4, 0.5) is 0 Å². The second kappa shape index (κ2) is 8.60. The van der Waals surface area contributed by atoms with Crippen LogP contribution in [0.15, 0.2) is 11.6 Å². The van der Waals surface area contributed by atoms with Gasteiger partial charge >= 0.3 is 11.9 Å². The lowest BCUT2D eigenvalue weighted by Crippen LogP contribution is -2.56. The number of hydrogen-bond donors (Lipinski definition) is 3. The summed E-state index contributed by atoms with van der Waals surface area (Å²) in [4.78, 5) is 22.8. The minimum atomic E-state index is -0.826. The summed E-state index contributed by atoms with van der Waals surface area (Å²) in [7, 11) is 0. The number of fused-ring (bicyclic) bond motifs is 2. The van der Waals surface area contributed by atoms with Crippen molar-refractivity contribution in [1.29, 1.82) is 0 Å². The first-order valence-corrected chi connectivity index (χ1v) is 14.0. The Hall–Kier alpha value is -1.36. The number of hydrogen-bond acceptors (Lipinski definition) is 3. The van der Waals surface area contributed by atoms with Gasteiger partial charge in [0.2, 0.25) is 0 Å². The maximum Gasteiger partial charge on any atom is 0.330 e. The van der Waals surface area contributed by atoms with Gasteiger partial charge in [0.25, 0.3) is 0 Å². The van der Waals surface area contributed by atoms with E-state index in [1.807, 2.05) is 19.9 Å². The van der Waals surface area contributed by atoms with Crippen molar-refractivity contribution in [1.82, 2.24) is 0 Å². The molecule has 0 heterocycles. The number of aliphatic carboxylic acids is 2. The van der Waals surface area contributed by atoms with E-state index in [1.165, 1.54) is 19.3 Å². The SMILES string of the molecule is C/C(=C/CC[C@@H](C)[C@H]1CC[C@@]2(C)[C@@H]3CC[C@@H](C(C)(C)O)[C@@]4(CCC(=O)O)C[C@@]34CC[C@]12C)C(=O)O. The van der Waals surface area contributed by atoms with Crippen LogP contribution in [0.5, 0.6) is 0 Å². The van der Waals surface area contributed by atoms with Crippen LogP contribution in [-0.2, 0) is 9.59 Å². The van der Waals surface area contributed by atoms with Gasteiger partial charge in [0.05, 0.1) is 5.60 Å². The molecule has 0 aliphatic heterocycles. The second-order valence-electron chi connectivity index (χ2n) is 13.9. The van der Waals surface area contributed by atoms with Crippen LogP contribution in [0.1, 0.15) is 112 Å². The summed E-state index contributed by atoms with van der Waals surface area (Å²) in [5.41, 5.74) is 0.333. The fraction of sp³-hybridized carbons (Fsp3) is 0.867. The maximum atomic E-state index is 11.6. The van der Waals surface area contributed by atoms with Gasteiger partial charge in [-0.2, -0.15) is 0 Å². The Balaban J connectivity index is 1.58. The smallest absolute Gasteiger partial charge is 0.330 e. The predicted molar refractivity (Wildman–Crippen MR) is 137 cm³/mol. The summed E-state index contributed by atoms with van der Waals surface area (Å²) >= 11 is 0. The van der Waals surface area contributed by atoms with Crippen molar-refractivity contribution in [3.8, 4) is 0 Å². The molecule has 4 rings (SSSR count). The van der Waals surface area contributed by atoms with Crippen molar-refractivity contribution in [3.05, 3.63) is 11.6 Å². The van der Waals surface area contributed by atoms with E-state index in [2.05, 4.69) is 20.8 Å². The lowest BCUT2D eigenvalue weighted by atomic mass is 9.43. The van der Waals surface area contributed by atoms with Gasteiger partial charge in [0.1, 0.15) is 0 Å². The standard InChI is InChI=1S/C30H48O5/c1-19(8-7-9-20(2)25(33)34)21-12-14-28(6)23-11-10-22(26(3,4)35)29(15-13-24(31)32)18-30(23,29)17-16-27(21,28)5/h9,19,21-23,35H,7-8,10-18H2,1-6H3,(H,31,32)(H,33,34)/b20-9-/t19-,21-,22+,23+,27-,28+,29-,30+/m1/s1. The van der Waals surface area contributed by atoms with Gasteiger partial charge in [-0.25, -0.2) is 4.79 Å². The highest BCUT2D eigenvalue weighted by Crippen LogP contribution is 2.87. The molecular weight excluding hydrogens is 440 g/mol. The van der Waals surface area contributed by atoms with Gasteiger partial charge in [0.15, 0.2) is 0 Å². The van der Waals surface area contributed by atoms with E-state index in [0.29, 0.717) is 29.7 Å². The molecule has 0 bridgehead atoms. The third kappa shape index (κ3) is 3.90. The molecular formula is C30H48O5. The van der Waals surface area contributed by atoms with Crippen molar-refractivity contribution in [2.75, 3.05) is 0 Å². The molecule has 3 N–H and O–H groups in total. The van der Waals surface area contributed by atoms with Crippen LogP contribution < -0.4 is 0 Å². The summed E-state index contributed by atoms with van der Waals surface area (Å²) in [6.45, 7) is 13.0. The Morgan fingerprint density at radius 3 is 2.34 bits per heavy atom. The van der Waals surface area contributed by atoms with Gasteiger partial charge in [-0.3, -0.25) is 4.79 Å². The lowest BCUT2D eigenvalue weighted by molar-refractivity contribution is -0.150. The number of carboxylic acid groups (broad SMARTS) is 2. The average Bonchev–Trinajstić information content (AvgIpc) is 3.34. The molecule has 35 heavy (non-hydrogen) atoms. The first kappa shape index (κ1) is 26.7. The van der Waals surface area contributed by atoms with E-state index in [9.17, 15) is 19.8 Å². The number of carboxylic acids is 2. The largest absolute Gasteiger partial charge is 0.481 e. The molecule has 0 radical (unpaired) electrons. The normalized spacial score (nSPS) is 43.6. The Morgan fingerprint density at radius 2 is 1.74 bits per heavy atom. The molecule has 8 atom stereocenters. The Labute approximate surface area is 211 Å². The highest BCUT2D eigenvalue weighted by molar-refractivity contribution is 5.85. The fourth-order valence-corrected chi connectivity index (χ4v) is 10.4. The zero-order valence-electron chi connectivity index (χ0n) is 22.8. The van der Waals surface area contributed by atoms with Crippen LogP contribution in [0.3, 0.4) is 0 Å². The summed E-state index contributed by atoms with van der Waals surface area (Å²) in [6, 6.07) is 0. The molecule has 0 saturated heterocycles. The third-order valence-corrected chi connectivity index (χ3v) is 12.3. The van der Waals surface area contributed by atoms with Crippen molar-refractivity contribution in [2.24, 2.45) is 45.3 Å². The van der Waals surface area contributed by atoms with Crippen LogP contribution >= 0.6 is 0 Å². The van der Waals surface area contributed by atoms with Gasteiger partial charge in [-0.15, -0.1) is 0 Å². The van der Waals surface area contributed by atoms with Gasteiger partial charge in [-0.1, -0.05) is 26.8 Å². The van der Waals surface area contributed by atoms with Crippen LogP contribution in [0.2, 0.25) is 0 Å². The number of allylic oxidation sites excluding steroid dienone is 1. The highest BCUT2D eigenvalue weighted by atomic mass is 16.4. The first-order valence-electron chi connectivity index (χ1n) is 14.0. The number of carbonyl (C=O) groups is 2. The third-order valence-electron chi connectivity index (χ3n) is 12.3. The monoisotopic (exact) mass is 488 g/mol. The predicted octanol–water partition coefficient (Wildman–Crippen LogP) is 6.69. The second-order valence-corrected chi connectivity index (χ2v) is 13.9. The van der Waals surface area contributed by atoms with Gasteiger partial charge < -0.3 is 15.3 Å². The Kier molecular flexibility index (Phi) is 6.56. The molecule has 4 aliphatic carbocycles. The van der Waals surface area contributed by atoms with Gasteiger partial charge in [0, 0.05) is 12.0 Å². The maximum absolute atomic E-state index is 11.6. The van der Waals surface area contributed by atoms with Crippen LogP contribution in [0.25, 0.3) is 0 Å². The van der Waals surface area contributed by atoms with Crippen molar-refractivity contribution < 1.29 is 24.9 Å². The number of aliphatic hydroxyl groups is 1. The molecule has 4 saturated carbocycles. The highest BCUT2D eigenvalue weighted by Gasteiger charge is 2.81. The Bertz CT molecular complexity index is 901. The molecule has 4 aliphatic rings. The molecule has 0 aromatic carbocycles. The van der Waals surface area contributed by atoms with E-state index >= 15 is 0 Å². The molecule has 1 spiro atoms. The van der Waals surface area contributed by atoms with Crippen LogP contribution in [-0.4, -0.2) is 32.9 Å². The molecule has 4 fully saturated rings. The minimum absolute atomic E-state index is 0.0280. The molecule has 0 aromatic heterocycles. The molecule has 0 aromatic rings. The van der Waals surface area contributed by atoms with E-state index in [-0.39, 0.29) is 34.0 Å². The quantitative estimate of drug-likeness (QED) is 0.314. The van der Waals surface area contributed by atoms with E-state index < -0.39 is 17.5 Å². The first-order chi connectivity index (χ1) is 16.1. The van der Waals surface area contributed by atoms with Crippen molar-refractivity contribution in [3.63, 3.8) is 0 Å². The fourth-order valence-electron chi connectivity index (χ4n) is 10.4. The summed E-state index contributed by atoms with van der Waals surface area (Å²) in [6.07, 6.45) is 12.7. The topological polar surface area (TPSA) is 94.8 Å². The van der Waals surface area contributed by atoms with Gasteiger partial charge in [-0.05, 0) is 130 Å². The number of rotatable bonds is 9. The zero-order valence-corrected chi connectivity index (χ0v) is 22.8.